The van der Waals surface area contributed by atoms with E-state index in [1.165, 1.54) is 0 Å². The van der Waals surface area contributed by atoms with Crippen molar-refractivity contribution in [1.82, 2.24) is 5.32 Å². The van der Waals surface area contributed by atoms with E-state index in [1.807, 2.05) is 30.3 Å². The molecule has 1 N–H and O–H groups in total. The van der Waals surface area contributed by atoms with Crippen molar-refractivity contribution in [3.8, 4) is 5.75 Å². The molecule has 0 aliphatic carbocycles. The second-order valence-corrected chi connectivity index (χ2v) is 3.42. The lowest BCUT2D eigenvalue weighted by Crippen LogP contribution is -2.20. The normalized spacial score (nSPS) is 10.1. The molecule has 1 aromatic rings. The Kier molecular flexibility index (Phi) is 6.30. The topological polar surface area (TPSA) is 30.5 Å². The SMILES string of the molecule is C=CCNCCOc1cccc(COC)c1. The highest BCUT2D eigenvalue weighted by molar-refractivity contribution is 5.28. The van der Waals surface area contributed by atoms with Crippen LogP contribution in [0.15, 0.2) is 36.9 Å². The average Bonchev–Trinajstić information content (AvgIpc) is 2.30. The van der Waals surface area contributed by atoms with Crippen molar-refractivity contribution in [3.63, 3.8) is 0 Å². The lowest BCUT2D eigenvalue weighted by atomic mass is 10.2. The lowest BCUT2D eigenvalue weighted by molar-refractivity contribution is 0.184. The first kappa shape index (κ1) is 12.7. The highest BCUT2D eigenvalue weighted by Gasteiger charge is 1.96. The molecule has 0 atom stereocenters. The van der Waals surface area contributed by atoms with Gasteiger partial charge in [-0.15, -0.1) is 6.58 Å². The van der Waals surface area contributed by atoms with E-state index >= 15 is 0 Å². The number of benzene rings is 1. The molecule has 0 spiro atoms. The molecule has 1 aromatic carbocycles. The van der Waals surface area contributed by atoms with E-state index in [0.29, 0.717) is 13.2 Å². The van der Waals surface area contributed by atoms with E-state index in [-0.39, 0.29) is 0 Å². The van der Waals surface area contributed by atoms with Gasteiger partial charge in [-0.2, -0.15) is 0 Å². The van der Waals surface area contributed by atoms with E-state index in [9.17, 15) is 0 Å². The van der Waals surface area contributed by atoms with Crippen LogP contribution < -0.4 is 10.1 Å². The molecule has 0 aliphatic heterocycles. The van der Waals surface area contributed by atoms with Gasteiger partial charge in [-0.1, -0.05) is 18.2 Å². The van der Waals surface area contributed by atoms with Crippen LogP contribution in [0.3, 0.4) is 0 Å². The van der Waals surface area contributed by atoms with Gasteiger partial charge in [0.1, 0.15) is 12.4 Å². The van der Waals surface area contributed by atoms with E-state index in [0.717, 1.165) is 24.4 Å². The zero-order valence-electron chi connectivity index (χ0n) is 9.74. The molecule has 0 aromatic heterocycles. The highest BCUT2D eigenvalue weighted by atomic mass is 16.5. The van der Waals surface area contributed by atoms with Crippen molar-refractivity contribution >= 4 is 0 Å². The number of rotatable bonds is 8. The molecule has 3 heteroatoms. The third-order valence-corrected chi connectivity index (χ3v) is 2.05. The summed E-state index contributed by atoms with van der Waals surface area (Å²) in [6, 6.07) is 7.94. The first-order chi connectivity index (χ1) is 7.86. The summed E-state index contributed by atoms with van der Waals surface area (Å²) in [5.74, 6) is 0.884. The number of nitrogens with one attached hydrogen (secondary N) is 1. The first-order valence-electron chi connectivity index (χ1n) is 5.39. The summed E-state index contributed by atoms with van der Waals surface area (Å²) in [4.78, 5) is 0. The second kappa shape index (κ2) is 7.91. The molecule has 0 unspecified atom stereocenters. The third-order valence-electron chi connectivity index (χ3n) is 2.05. The molecular weight excluding hydrogens is 202 g/mol. The Morgan fingerprint density at radius 1 is 1.44 bits per heavy atom. The van der Waals surface area contributed by atoms with Crippen LogP contribution in [0, 0.1) is 0 Å². The molecule has 88 valence electrons. The van der Waals surface area contributed by atoms with Crippen LogP contribution in [0.1, 0.15) is 5.56 Å². The fourth-order valence-electron chi connectivity index (χ4n) is 1.34. The monoisotopic (exact) mass is 221 g/mol. The largest absolute Gasteiger partial charge is 0.492 e. The first-order valence-corrected chi connectivity index (χ1v) is 5.39. The predicted octanol–water partition coefficient (Wildman–Crippen LogP) is 1.99. The predicted molar refractivity (Wildman–Crippen MR) is 65.7 cm³/mol. The summed E-state index contributed by atoms with van der Waals surface area (Å²) >= 11 is 0. The van der Waals surface area contributed by atoms with Gasteiger partial charge >= 0.3 is 0 Å². The van der Waals surface area contributed by atoms with Crippen molar-refractivity contribution in [2.75, 3.05) is 26.8 Å². The molecule has 3 nitrogen and oxygen atoms in total. The Bertz CT molecular complexity index is 313. The minimum Gasteiger partial charge on any atom is -0.492 e. The van der Waals surface area contributed by atoms with Crippen molar-refractivity contribution in [2.24, 2.45) is 0 Å². The molecule has 0 radical (unpaired) electrons. The van der Waals surface area contributed by atoms with Crippen molar-refractivity contribution in [1.29, 1.82) is 0 Å². The number of hydrogen-bond donors (Lipinski definition) is 1. The summed E-state index contributed by atoms with van der Waals surface area (Å²) in [5.41, 5.74) is 1.12. The van der Waals surface area contributed by atoms with Crippen LogP contribution in [-0.4, -0.2) is 26.8 Å². The average molecular weight is 221 g/mol. The summed E-state index contributed by atoms with van der Waals surface area (Å²) < 4.78 is 10.6. The van der Waals surface area contributed by atoms with Gasteiger partial charge in [-0.05, 0) is 17.7 Å². The maximum absolute atomic E-state index is 5.59. The number of ether oxygens (including phenoxy) is 2. The third kappa shape index (κ3) is 4.96. The Morgan fingerprint density at radius 2 is 2.31 bits per heavy atom. The van der Waals surface area contributed by atoms with Gasteiger partial charge in [0.25, 0.3) is 0 Å². The summed E-state index contributed by atoms with van der Waals surface area (Å²) in [7, 11) is 1.69. The Balaban J connectivity index is 2.30. The van der Waals surface area contributed by atoms with Crippen LogP contribution in [0.2, 0.25) is 0 Å². The van der Waals surface area contributed by atoms with Gasteiger partial charge in [-0.25, -0.2) is 0 Å². The van der Waals surface area contributed by atoms with E-state index in [2.05, 4.69) is 11.9 Å². The van der Waals surface area contributed by atoms with Crippen LogP contribution >= 0.6 is 0 Å². The molecule has 0 bridgehead atoms. The standard InChI is InChI=1S/C13H19NO2/c1-3-7-14-8-9-16-13-6-4-5-12(10-13)11-15-2/h3-6,10,14H,1,7-9,11H2,2H3. The maximum Gasteiger partial charge on any atom is 0.119 e. The van der Waals surface area contributed by atoms with E-state index < -0.39 is 0 Å². The molecular formula is C13H19NO2. The lowest BCUT2D eigenvalue weighted by Gasteiger charge is -2.08. The van der Waals surface area contributed by atoms with Crippen molar-refractivity contribution < 1.29 is 9.47 Å². The van der Waals surface area contributed by atoms with Crippen molar-refractivity contribution in [3.05, 3.63) is 42.5 Å². The zero-order chi connectivity index (χ0) is 11.6. The van der Waals surface area contributed by atoms with Crippen LogP contribution in [0.25, 0.3) is 0 Å². The summed E-state index contributed by atoms with van der Waals surface area (Å²) in [6.45, 7) is 6.54. The maximum atomic E-state index is 5.59. The minimum atomic E-state index is 0.617. The Labute approximate surface area is 97.1 Å². The quantitative estimate of drug-likeness (QED) is 0.538. The molecule has 0 saturated carbocycles. The molecule has 0 aliphatic rings. The van der Waals surface area contributed by atoms with Crippen molar-refractivity contribution in [2.45, 2.75) is 6.61 Å². The fourth-order valence-corrected chi connectivity index (χ4v) is 1.34. The molecule has 0 amide bonds. The summed E-state index contributed by atoms with van der Waals surface area (Å²) in [6.07, 6.45) is 1.83. The summed E-state index contributed by atoms with van der Waals surface area (Å²) in [5, 5.41) is 3.18. The fraction of sp³-hybridized carbons (Fsp3) is 0.385. The van der Waals surface area contributed by atoms with Crippen LogP contribution in [-0.2, 0) is 11.3 Å². The smallest absolute Gasteiger partial charge is 0.119 e. The second-order valence-electron chi connectivity index (χ2n) is 3.42. The van der Waals surface area contributed by atoms with E-state index in [1.54, 1.807) is 7.11 Å². The number of hydrogen-bond acceptors (Lipinski definition) is 3. The molecule has 0 fully saturated rings. The van der Waals surface area contributed by atoms with Gasteiger partial charge in [-0.3, -0.25) is 0 Å². The van der Waals surface area contributed by atoms with Gasteiger partial charge in [0.05, 0.1) is 6.61 Å². The molecule has 0 saturated heterocycles. The molecule has 16 heavy (non-hydrogen) atoms. The number of methoxy groups -OCH3 is 1. The molecule has 0 heterocycles. The van der Waals surface area contributed by atoms with Crippen LogP contribution in [0.5, 0.6) is 5.75 Å². The van der Waals surface area contributed by atoms with Gasteiger partial charge in [0, 0.05) is 20.2 Å². The highest BCUT2D eigenvalue weighted by Crippen LogP contribution is 2.13. The Hall–Kier alpha value is -1.32. The van der Waals surface area contributed by atoms with E-state index in [4.69, 9.17) is 9.47 Å². The van der Waals surface area contributed by atoms with Gasteiger partial charge in [0.2, 0.25) is 0 Å². The Morgan fingerprint density at radius 3 is 3.06 bits per heavy atom. The molecule has 1 rings (SSSR count). The van der Waals surface area contributed by atoms with Gasteiger partial charge in [0.15, 0.2) is 0 Å². The zero-order valence-corrected chi connectivity index (χ0v) is 9.74. The van der Waals surface area contributed by atoms with Crippen LogP contribution in [0.4, 0.5) is 0 Å². The minimum absolute atomic E-state index is 0.617. The van der Waals surface area contributed by atoms with Gasteiger partial charge < -0.3 is 14.8 Å².